The van der Waals surface area contributed by atoms with E-state index in [9.17, 15) is 10.2 Å². The van der Waals surface area contributed by atoms with E-state index in [1.165, 1.54) is 11.1 Å². The van der Waals surface area contributed by atoms with Gasteiger partial charge in [-0.2, -0.15) is 0 Å². The minimum absolute atomic E-state index is 0.179. The molecule has 40 heavy (non-hydrogen) atoms. The first-order valence-electron chi connectivity index (χ1n) is 14.2. The van der Waals surface area contributed by atoms with E-state index in [1.807, 2.05) is 0 Å². The lowest BCUT2D eigenvalue weighted by Crippen LogP contribution is -2.37. The third-order valence-electron chi connectivity index (χ3n) is 7.38. The van der Waals surface area contributed by atoms with Crippen LogP contribution in [0.25, 0.3) is 11.0 Å². The number of rotatable bonds is 13. The van der Waals surface area contributed by atoms with Crippen LogP contribution in [-0.2, 0) is 24.2 Å². The van der Waals surface area contributed by atoms with Crippen molar-refractivity contribution < 1.29 is 14.9 Å². The van der Waals surface area contributed by atoms with Crippen molar-refractivity contribution in [2.45, 2.75) is 39.3 Å². The Kier molecular flexibility index (Phi) is 9.49. The maximum absolute atomic E-state index is 10.4. The molecule has 1 fully saturated rings. The van der Waals surface area contributed by atoms with Crippen LogP contribution in [0.1, 0.15) is 35.2 Å². The highest BCUT2D eigenvalue weighted by Crippen LogP contribution is 2.26. The zero-order valence-electron chi connectivity index (χ0n) is 23.3. The molecule has 0 bridgehead atoms. The van der Waals surface area contributed by atoms with Gasteiger partial charge >= 0.3 is 0 Å². The van der Waals surface area contributed by atoms with Gasteiger partial charge in [0.05, 0.1) is 30.8 Å². The van der Waals surface area contributed by atoms with Crippen LogP contribution in [0.5, 0.6) is 5.75 Å². The average molecular weight is 545 g/mol. The van der Waals surface area contributed by atoms with Crippen LogP contribution >= 0.6 is 0 Å². The van der Waals surface area contributed by atoms with Gasteiger partial charge in [-0.15, -0.1) is 0 Å². The number of imidazole rings is 1. The molecule has 0 radical (unpaired) electrons. The molecular formula is C31H40N6O3. The minimum atomic E-state index is 0.179. The molecule has 1 aliphatic heterocycles. The fourth-order valence-electron chi connectivity index (χ4n) is 5.15. The summed E-state index contributed by atoms with van der Waals surface area (Å²) in [4.78, 5) is 11.8. The molecule has 212 valence electrons. The Morgan fingerprint density at radius 2 is 1.90 bits per heavy atom. The molecule has 2 aromatic heterocycles. The topological polar surface area (TPSA) is 108 Å². The number of anilines is 2. The molecule has 5 rings (SSSR count). The number of nitrogens with one attached hydrogen (secondary N) is 2. The number of aliphatic hydroxyl groups excluding tert-OH is 1. The summed E-state index contributed by atoms with van der Waals surface area (Å²) in [6, 6.07) is 16.2. The summed E-state index contributed by atoms with van der Waals surface area (Å²) in [5.41, 5.74) is 7.14. The van der Waals surface area contributed by atoms with E-state index >= 15 is 0 Å². The molecule has 1 aliphatic rings. The normalized spacial score (nSPS) is 14.1. The number of aromatic hydroxyl groups is 1. The fraction of sp³-hybridized carbons (Fsp3) is 0.419. The summed E-state index contributed by atoms with van der Waals surface area (Å²) in [6.45, 7) is 8.77. The number of pyridine rings is 1. The predicted octanol–water partition coefficient (Wildman–Crippen LogP) is 4.16. The van der Waals surface area contributed by atoms with Crippen molar-refractivity contribution in [2.24, 2.45) is 0 Å². The summed E-state index contributed by atoms with van der Waals surface area (Å²) < 4.78 is 7.55. The quantitative estimate of drug-likeness (QED) is 0.186. The van der Waals surface area contributed by atoms with Crippen LogP contribution in [0, 0.1) is 6.92 Å². The number of hydrogen-bond donors (Lipinski definition) is 4. The Morgan fingerprint density at radius 3 is 2.73 bits per heavy atom. The first-order valence-corrected chi connectivity index (χ1v) is 14.2. The summed E-state index contributed by atoms with van der Waals surface area (Å²) in [7, 11) is 0. The third-order valence-corrected chi connectivity index (χ3v) is 7.38. The van der Waals surface area contributed by atoms with Gasteiger partial charge < -0.3 is 30.2 Å². The molecule has 9 nitrogen and oxygen atoms in total. The van der Waals surface area contributed by atoms with Gasteiger partial charge in [-0.05, 0) is 79.8 Å². The summed E-state index contributed by atoms with van der Waals surface area (Å²) in [5, 5.41) is 26.8. The molecule has 0 amide bonds. The van der Waals surface area contributed by atoms with E-state index in [0.29, 0.717) is 18.8 Å². The number of aromatic nitrogens is 3. The largest absolute Gasteiger partial charge is 0.506 e. The number of ether oxygens (including phenoxy) is 1. The van der Waals surface area contributed by atoms with E-state index in [-0.39, 0.29) is 12.4 Å². The second-order valence-electron chi connectivity index (χ2n) is 10.4. The summed E-state index contributed by atoms with van der Waals surface area (Å²) in [6.07, 6.45) is 4.29. The highest BCUT2D eigenvalue weighted by Gasteiger charge is 2.15. The van der Waals surface area contributed by atoms with Crippen molar-refractivity contribution >= 4 is 22.7 Å². The number of hydrogen-bond acceptors (Lipinski definition) is 8. The van der Waals surface area contributed by atoms with Crippen LogP contribution in [0.2, 0.25) is 0 Å². The number of benzene rings is 2. The highest BCUT2D eigenvalue weighted by molar-refractivity contribution is 5.80. The molecule has 0 saturated carbocycles. The maximum Gasteiger partial charge on any atom is 0.204 e. The van der Waals surface area contributed by atoms with Gasteiger partial charge in [-0.1, -0.05) is 18.2 Å². The van der Waals surface area contributed by atoms with Crippen molar-refractivity contribution in [3.63, 3.8) is 0 Å². The van der Waals surface area contributed by atoms with E-state index in [1.54, 1.807) is 18.3 Å². The first kappa shape index (κ1) is 27.9. The smallest absolute Gasteiger partial charge is 0.204 e. The Bertz CT molecular complexity index is 1400. The van der Waals surface area contributed by atoms with Crippen molar-refractivity contribution in [3.8, 4) is 5.75 Å². The SMILES string of the molecule is Cc1ccc(CCCO)c(NCc2ccc3c(c2)nc(NCCCN2CCOCC2)n3Cc2ncccc2O)c1. The molecule has 0 atom stereocenters. The summed E-state index contributed by atoms with van der Waals surface area (Å²) >= 11 is 0. The Morgan fingerprint density at radius 1 is 1.02 bits per heavy atom. The maximum atomic E-state index is 10.4. The van der Waals surface area contributed by atoms with Gasteiger partial charge in [0.15, 0.2) is 0 Å². The summed E-state index contributed by atoms with van der Waals surface area (Å²) in [5.74, 6) is 0.954. The monoisotopic (exact) mass is 544 g/mol. The predicted molar refractivity (Wildman–Crippen MR) is 159 cm³/mol. The van der Waals surface area contributed by atoms with Crippen LogP contribution in [0.15, 0.2) is 54.7 Å². The van der Waals surface area contributed by atoms with E-state index < -0.39 is 0 Å². The minimum Gasteiger partial charge on any atom is -0.506 e. The zero-order chi connectivity index (χ0) is 27.7. The Balaban J connectivity index is 1.33. The lowest BCUT2D eigenvalue weighted by molar-refractivity contribution is 0.0378. The van der Waals surface area contributed by atoms with Crippen molar-refractivity contribution in [2.75, 3.05) is 56.6 Å². The number of morpholine rings is 1. The van der Waals surface area contributed by atoms with E-state index in [4.69, 9.17) is 9.72 Å². The molecule has 0 unspecified atom stereocenters. The van der Waals surface area contributed by atoms with Crippen LogP contribution in [-0.4, -0.2) is 75.6 Å². The lowest BCUT2D eigenvalue weighted by Gasteiger charge is -2.26. The molecule has 2 aromatic carbocycles. The molecular weight excluding hydrogens is 504 g/mol. The molecule has 4 aromatic rings. The number of aryl methyl sites for hydroxylation is 2. The highest BCUT2D eigenvalue weighted by atomic mass is 16.5. The second-order valence-corrected chi connectivity index (χ2v) is 10.4. The first-order chi connectivity index (χ1) is 19.6. The third kappa shape index (κ3) is 7.10. The van der Waals surface area contributed by atoms with Crippen LogP contribution in [0.3, 0.4) is 0 Å². The van der Waals surface area contributed by atoms with Crippen molar-refractivity contribution in [1.82, 2.24) is 19.4 Å². The lowest BCUT2D eigenvalue weighted by atomic mass is 10.0. The van der Waals surface area contributed by atoms with Gasteiger partial charge in [0, 0.05) is 44.7 Å². The molecule has 0 aliphatic carbocycles. The van der Waals surface area contributed by atoms with Gasteiger partial charge in [0.2, 0.25) is 5.95 Å². The Labute approximate surface area is 235 Å². The zero-order valence-corrected chi connectivity index (χ0v) is 23.3. The van der Waals surface area contributed by atoms with Crippen LogP contribution in [0.4, 0.5) is 11.6 Å². The standard InChI is InChI=1S/C31H40N6O3/c1-23-7-9-25(5-3-16-38)26(19-23)34-21-24-8-10-29-27(20-24)35-31(33-12-4-13-36-14-17-40-18-15-36)37(29)22-28-30(39)6-2-11-32-28/h2,6-11,19-20,34,38-39H,3-5,12-18,21-22H2,1H3,(H,33,35). The van der Waals surface area contributed by atoms with Crippen molar-refractivity contribution in [1.29, 1.82) is 0 Å². The molecule has 3 heterocycles. The molecule has 4 N–H and O–H groups in total. The van der Waals surface area contributed by atoms with Gasteiger partial charge in [-0.3, -0.25) is 9.88 Å². The van der Waals surface area contributed by atoms with Gasteiger partial charge in [0.1, 0.15) is 11.4 Å². The number of fused-ring (bicyclic) bond motifs is 1. The average Bonchev–Trinajstić information content (AvgIpc) is 3.31. The van der Waals surface area contributed by atoms with E-state index in [0.717, 1.165) is 86.9 Å². The van der Waals surface area contributed by atoms with Gasteiger partial charge in [0.25, 0.3) is 0 Å². The van der Waals surface area contributed by atoms with Gasteiger partial charge in [-0.25, -0.2) is 4.98 Å². The number of aliphatic hydroxyl groups is 1. The fourth-order valence-corrected chi connectivity index (χ4v) is 5.15. The Hall–Kier alpha value is -3.66. The van der Waals surface area contributed by atoms with Crippen LogP contribution < -0.4 is 10.6 Å². The van der Waals surface area contributed by atoms with E-state index in [2.05, 4.69) is 68.4 Å². The molecule has 1 saturated heterocycles. The molecule has 9 heteroatoms. The number of nitrogens with zero attached hydrogens (tertiary/aromatic N) is 4. The second kappa shape index (κ2) is 13.6. The molecule has 0 spiro atoms. The van der Waals surface area contributed by atoms with Crippen molar-refractivity contribution in [3.05, 3.63) is 77.1 Å².